The molecule has 3 heteroatoms. The smallest absolute Gasteiger partial charge is 0.119 e. The molecule has 1 unspecified atom stereocenters. The van der Waals surface area contributed by atoms with E-state index in [4.69, 9.17) is 4.74 Å². The number of hydrogen-bond donors (Lipinski definition) is 0. The first-order valence-electron chi connectivity index (χ1n) is 13.8. The Labute approximate surface area is 199 Å². The predicted molar refractivity (Wildman–Crippen MR) is 131 cm³/mol. The molecule has 0 aromatic heterocycles. The van der Waals surface area contributed by atoms with Gasteiger partial charge in [0.15, 0.2) is 0 Å². The third-order valence-corrected chi connectivity index (χ3v) is 12.1. The molecule has 3 heterocycles. The van der Waals surface area contributed by atoms with E-state index in [1.807, 2.05) is 0 Å². The van der Waals surface area contributed by atoms with Crippen molar-refractivity contribution in [2.75, 3.05) is 33.8 Å². The largest absolute Gasteiger partial charge is 0.489 e. The van der Waals surface area contributed by atoms with E-state index >= 15 is 0 Å². The van der Waals surface area contributed by atoms with Crippen molar-refractivity contribution in [3.63, 3.8) is 0 Å². The lowest BCUT2D eigenvalue weighted by atomic mass is 9.42. The van der Waals surface area contributed by atoms with Gasteiger partial charge in [0.05, 0.1) is 0 Å². The molecule has 10 atom stereocenters. The number of ether oxygens (including phenoxy) is 1. The zero-order chi connectivity index (χ0) is 22.2. The number of hydrogen-bond acceptors (Lipinski definition) is 3. The lowest BCUT2D eigenvalue weighted by Gasteiger charge is -2.61. The van der Waals surface area contributed by atoms with Crippen molar-refractivity contribution >= 4 is 0 Å². The molecule has 7 fully saturated rings. The monoisotopic (exact) mass is 444 g/mol. The molecular formula is C30H40N2O. The predicted octanol–water partition coefficient (Wildman–Crippen LogP) is 5.01. The average Bonchev–Trinajstić information content (AvgIpc) is 3.21. The first kappa shape index (κ1) is 19.9. The molecule has 4 saturated carbocycles. The van der Waals surface area contributed by atoms with Gasteiger partial charge >= 0.3 is 0 Å². The summed E-state index contributed by atoms with van der Waals surface area (Å²) >= 11 is 0. The summed E-state index contributed by atoms with van der Waals surface area (Å²) in [6.45, 7) is 6.00. The van der Waals surface area contributed by atoms with Crippen LogP contribution in [0.1, 0.15) is 51.0 Å². The maximum absolute atomic E-state index is 6.40. The molecule has 3 nitrogen and oxygen atoms in total. The summed E-state index contributed by atoms with van der Waals surface area (Å²) in [6.07, 6.45) is 12.9. The van der Waals surface area contributed by atoms with Crippen molar-refractivity contribution < 1.29 is 4.74 Å². The van der Waals surface area contributed by atoms with Crippen LogP contribution in [0.2, 0.25) is 0 Å². The van der Waals surface area contributed by atoms with Gasteiger partial charge in [0.2, 0.25) is 0 Å². The van der Waals surface area contributed by atoms with Gasteiger partial charge in [-0.2, -0.15) is 0 Å². The fourth-order valence-corrected chi connectivity index (χ4v) is 11.5. The van der Waals surface area contributed by atoms with Gasteiger partial charge in [-0.15, -0.1) is 0 Å². The Balaban J connectivity index is 1.05. The minimum Gasteiger partial charge on any atom is -0.489 e. The Morgan fingerprint density at radius 2 is 1.97 bits per heavy atom. The Kier molecular flexibility index (Phi) is 3.78. The van der Waals surface area contributed by atoms with Crippen LogP contribution in [0.15, 0.2) is 35.9 Å². The molecule has 1 aromatic rings. The van der Waals surface area contributed by atoms with Crippen LogP contribution in [0, 0.1) is 39.9 Å². The molecule has 33 heavy (non-hydrogen) atoms. The van der Waals surface area contributed by atoms with Crippen LogP contribution in [0.3, 0.4) is 0 Å². The van der Waals surface area contributed by atoms with Gasteiger partial charge in [-0.3, -0.25) is 4.90 Å². The van der Waals surface area contributed by atoms with Gasteiger partial charge in [0, 0.05) is 25.2 Å². The van der Waals surface area contributed by atoms with Crippen molar-refractivity contribution in [1.29, 1.82) is 0 Å². The van der Waals surface area contributed by atoms with Crippen LogP contribution in [0.25, 0.3) is 0 Å². The third kappa shape index (κ3) is 2.26. The Morgan fingerprint density at radius 3 is 2.79 bits per heavy atom. The summed E-state index contributed by atoms with van der Waals surface area (Å²) < 4.78 is 6.40. The van der Waals surface area contributed by atoms with Crippen molar-refractivity contribution in [1.82, 2.24) is 9.80 Å². The van der Waals surface area contributed by atoms with Crippen molar-refractivity contribution in [2.45, 2.75) is 64.0 Å². The molecule has 0 amide bonds. The Hall–Kier alpha value is -1.32. The van der Waals surface area contributed by atoms with E-state index in [2.05, 4.69) is 61.2 Å². The Morgan fingerprint density at radius 1 is 1.12 bits per heavy atom. The van der Waals surface area contributed by atoms with Crippen LogP contribution in [0.5, 0.6) is 5.75 Å². The normalized spacial score (nSPS) is 51.5. The fraction of sp³-hybridized carbons (Fsp3) is 0.733. The Bertz CT molecular complexity index is 1030. The zero-order valence-electron chi connectivity index (χ0n) is 20.7. The summed E-state index contributed by atoms with van der Waals surface area (Å²) in [6, 6.07) is 10.7. The lowest BCUT2D eigenvalue weighted by molar-refractivity contribution is -0.0909. The second-order valence-electron chi connectivity index (χ2n) is 13.6. The van der Waals surface area contributed by atoms with Gasteiger partial charge in [-0.1, -0.05) is 31.6 Å². The molecule has 3 saturated heterocycles. The van der Waals surface area contributed by atoms with Crippen LogP contribution < -0.4 is 4.74 Å². The van der Waals surface area contributed by atoms with Gasteiger partial charge in [-0.25, -0.2) is 0 Å². The quantitative estimate of drug-likeness (QED) is 0.574. The first-order chi connectivity index (χ1) is 15.9. The fourth-order valence-electron chi connectivity index (χ4n) is 11.5. The number of rotatable bonds is 6. The standard InChI is InChI=1S/C30H40N2O/c1-28-10-4-11-30-25-14-20-13-23-27(30)32(18-28)24(26(28)30)16-29(23,25)15-21(20)17-33-22-7-5-19(6-8-22)9-12-31(2)3/h5-8,15,20,23-27H,4,9-14,16-18H2,1-3H3/t20-,23+,24-,25+,26+,27+,28-,29-,30+/m0/s1. The summed E-state index contributed by atoms with van der Waals surface area (Å²) in [5.74, 6) is 4.77. The zero-order valence-corrected chi connectivity index (χ0v) is 20.7. The highest BCUT2D eigenvalue weighted by Gasteiger charge is 2.86. The van der Waals surface area contributed by atoms with E-state index in [-0.39, 0.29) is 0 Å². The van der Waals surface area contributed by atoms with Crippen molar-refractivity contribution in [3.8, 4) is 5.75 Å². The molecule has 10 rings (SSSR count). The van der Waals surface area contributed by atoms with Crippen LogP contribution in [-0.4, -0.2) is 55.7 Å². The average molecular weight is 445 g/mol. The van der Waals surface area contributed by atoms with Gasteiger partial charge in [0.1, 0.15) is 12.4 Å². The minimum absolute atomic E-state index is 0.522. The molecule has 1 aromatic carbocycles. The summed E-state index contributed by atoms with van der Waals surface area (Å²) in [5.41, 5.74) is 4.89. The SMILES string of the molecule is CN(C)CCc1ccc(OCC2=C[C@@]34C[C@H]5[C@@H]6[C@@]7(C)CCC[C@@]68[C@@H]3C[C@@H]2C[C@@H]4[C@H]8N5C7)cc1. The molecular weight excluding hydrogens is 404 g/mol. The van der Waals surface area contributed by atoms with Gasteiger partial charge in [0.25, 0.3) is 0 Å². The molecule has 2 spiro atoms. The van der Waals surface area contributed by atoms with E-state index in [0.717, 1.165) is 61.1 Å². The van der Waals surface area contributed by atoms with Crippen molar-refractivity contribution in [3.05, 3.63) is 41.5 Å². The number of nitrogens with zero attached hydrogens (tertiary/aromatic N) is 2. The van der Waals surface area contributed by atoms with Crippen molar-refractivity contribution in [2.24, 2.45) is 39.9 Å². The maximum atomic E-state index is 6.40. The maximum Gasteiger partial charge on any atom is 0.119 e. The van der Waals surface area contributed by atoms with E-state index in [1.165, 1.54) is 44.2 Å². The second kappa shape index (κ2) is 6.26. The molecule has 9 aliphatic rings. The van der Waals surface area contributed by atoms with Crippen LogP contribution in [-0.2, 0) is 6.42 Å². The number of allylic oxidation sites excluding steroid dienone is 1. The lowest BCUT2D eigenvalue weighted by Crippen LogP contribution is -2.57. The first-order valence-corrected chi connectivity index (χ1v) is 13.8. The van der Waals surface area contributed by atoms with Crippen LogP contribution >= 0.6 is 0 Å². The highest BCUT2D eigenvalue weighted by Crippen LogP contribution is 2.86. The van der Waals surface area contributed by atoms with E-state index in [1.54, 1.807) is 12.0 Å². The molecule has 0 N–H and O–H groups in total. The molecule has 6 aliphatic carbocycles. The minimum atomic E-state index is 0.522. The van der Waals surface area contributed by atoms with E-state index in [0.29, 0.717) is 16.2 Å². The molecule has 3 aliphatic heterocycles. The number of piperidine rings is 2. The number of likely N-dealkylation sites (N-methyl/N-ethyl adjacent to an activating group) is 1. The highest BCUT2D eigenvalue weighted by molar-refractivity contribution is 5.43. The topological polar surface area (TPSA) is 15.7 Å². The second-order valence-corrected chi connectivity index (χ2v) is 13.6. The molecule has 0 radical (unpaired) electrons. The third-order valence-electron chi connectivity index (χ3n) is 12.1. The summed E-state index contributed by atoms with van der Waals surface area (Å²) in [7, 11) is 4.28. The van der Waals surface area contributed by atoms with Gasteiger partial charge < -0.3 is 9.64 Å². The summed E-state index contributed by atoms with van der Waals surface area (Å²) in [5, 5.41) is 0. The summed E-state index contributed by atoms with van der Waals surface area (Å²) in [4.78, 5) is 5.33. The van der Waals surface area contributed by atoms with E-state index < -0.39 is 0 Å². The number of benzene rings is 1. The molecule has 9 bridgehead atoms. The van der Waals surface area contributed by atoms with E-state index in [9.17, 15) is 0 Å². The van der Waals surface area contributed by atoms with Crippen LogP contribution in [0.4, 0.5) is 0 Å². The highest BCUT2D eigenvalue weighted by atomic mass is 16.5. The van der Waals surface area contributed by atoms with Gasteiger partial charge in [-0.05, 0) is 116 Å². The molecule has 176 valence electrons.